The van der Waals surface area contributed by atoms with Gasteiger partial charge in [-0.05, 0) is 12.1 Å². The van der Waals surface area contributed by atoms with E-state index in [1.807, 2.05) is 24.5 Å². The van der Waals surface area contributed by atoms with E-state index in [0.29, 0.717) is 13.0 Å². The van der Waals surface area contributed by atoms with E-state index in [-0.39, 0.29) is 29.9 Å². The number of nitrogens with one attached hydrogen (secondary N) is 2. The Morgan fingerprint density at radius 3 is 2.35 bits per heavy atom. The van der Waals surface area contributed by atoms with Crippen molar-refractivity contribution in [3.05, 3.63) is 24.5 Å². The van der Waals surface area contributed by atoms with Gasteiger partial charge >= 0.3 is 0 Å². The molecule has 0 aromatic carbocycles. The molecule has 114 valence electrons. The molecule has 1 aromatic rings. The lowest BCUT2D eigenvalue weighted by atomic mass is 10.4. The largest absolute Gasteiger partial charge is 0.356 e. The molecule has 0 bridgehead atoms. The highest BCUT2D eigenvalue weighted by molar-refractivity contribution is 14.0. The highest BCUT2D eigenvalue weighted by atomic mass is 127. The number of rotatable bonds is 6. The van der Waals surface area contributed by atoms with E-state index in [1.165, 1.54) is 0 Å². The number of hydrogen-bond acceptors (Lipinski definition) is 2. The molecule has 2 N–H and O–H groups in total. The van der Waals surface area contributed by atoms with Crippen LogP contribution in [0.5, 0.6) is 0 Å². The Bertz CT molecular complexity index is 403. The third kappa shape index (κ3) is 7.37. The van der Waals surface area contributed by atoms with Crippen molar-refractivity contribution in [2.45, 2.75) is 13.0 Å². The quantitative estimate of drug-likeness (QED) is 0.426. The van der Waals surface area contributed by atoms with Gasteiger partial charge in [-0.15, -0.1) is 24.0 Å². The summed E-state index contributed by atoms with van der Waals surface area (Å²) >= 11 is 0. The van der Waals surface area contributed by atoms with Crippen LogP contribution < -0.4 is 10.6 Å². The van der Waals surface area contributed by atoms with Crippen LogP contribution >= 0.6 is 24.0 Å². The molecule has 0 saturated carbocycles. The number of carbonyl (C=O) groups excluding carboxylic acids is 1. The number of aliphatic imine (C=N–C) groups is 1. The third-order valence-corrected chi connectivity index (χ3v) is 2.68. The molecular formula is C13H24IN5O. The minimum Gasteiger partial charge on any atom is -0.356 e. The Kier molecular flexibility index (Phi) is 9.87. The van der Waals surface area contributed by atoms with E-state index in [1.54, 1.807) is 26.0 Å². The van der Waals surface area contributed by atoms with Crippen LogP contribution in [-0.4, -0.2) is 55.6 Å². The molecule has 0 atom stereocenters. The van der Waals surface area contributed by atoms with Gasteiger partial charge in [-0.3, -0.25) is 9.79 Å². The summed E-state index contributed by atoms with van der Waals surface area (Å²) in [4.78, 5) is 17.1. The van der Waals surface area contributed by atoms with Gasteiger partial charge in [-0.25, -0.2) is 0 Å². The summed E-state index contributed by atoms with van der Waals surface area (Å²) < 4.78 is 2.09. The lowest BCUT2D eigenvalue weighted by Gasteiger charge is -2.13. The van der Waals surface area contributed by atoms with Crippen molar-refractivity contribution < 1.29 is 4.79 Å². The van der Waals surface area contributed by atoms with Gasteiger partial charge in [0.05, 0.1) is 0 Å². The highest BCUT2D eigenvalue weighted by Crippen LogP contribution is 1.88. The van der Waals surface area contributed by atoms with Crippen molar-refractivity contribution in [1.29, 1.82) is 0 Å². The van der Waals surface area contributed by atoms with Crippen LogP contribution in [0.15, 0.2) is 29.5 Å². The lowest BCUT2D eigenvalue weighted by molar-refractivity contribution is -0.128. The third-order valence-electron chi connectivity index (χ3n) is 2.68. The second-order valence-corrected chi connectivity index (χ2v) is 4.38. The summed E-state index contributed by atoms with van der Waals surface area (Å²) in [7, 11) is 5.23. The van der Waals surface area contributed by atoms with Crippen molar-refractivity contribution in [2.75, 3.05) is 34.2 Å². The van der Waals surface area contributed by atoms with E-state index in [0.717, 1.165) is 19.0 Å². The van der Waals surface area contributed by atoms with Gasteiger partial charge in [0.15, 0.2) is 5.96 Å². The average molecular weight is 393 g/mol. The molecule has 0 fully saturated rings. The first kappa shape index (κ1) is 18.8. The molecule has 0 aliphatic heterocycles. The van der Waals surface area contributed by atoms with Crippen molar-refractivity contribution in [3.8, 4) is 0 Å². The van der Waals surface area contributed by atoms with Gasteiger partial charge in [-0.2, -0.15) is 0 Å². The SMILES string of the molecule is CN=C(NCCC(=O)N(C)C)NCCn1cccc1.I. The molecule has 0 spiro atoms. The molecule has 1 amide bonds. The Hall–Kier alpha value is -1.25. The molecule has 6 nitrogen and oxygen atoms in total. The fourth-order valence-corrected chi connectivity index (χ4v) is 1.55. The molecule has 20 heavy (non-hydrogen) atoms. The zero-order valence-corrected chi connectivity index (χ0v) is 14.6. The predicted octanol–water partition coefficient (Wildman–Crippen LogP) is 0.749. The van der Waals surface area contributed by atoms with Crippen LogP contribution in [0.3, 0.4) is 0 Å². The molecule has 0 saturated heterocycles. The van der Waals surface area contributed by atoms with E-state index in [9.17, 15) is 4.79 Å². The molecule has 1 rings (SSSR count). The molecule has 0 aliphatic carbocycles. The van der Waals surface area contributed by atoms with Crippen LogP contribution in [0.25, 0.3) is 0 Å². The smallest absolute Gasteiger partial charge is 0.223 e. The van der Waals surface area contributed by atoms with Gasteiger partial charge in [-0.1, -0.05) is 0 Å². The summed E-state index contributed by atoms with van der Waals surface area (Å²) in [6, 6.07) is 4.00. The lowest BCUT2D eigenvalue weighted by Crippen LogP contribution is -2.40. The first-order valence-corrected chi connectivity index (χ1v) is 6.39. The molecule has 0 unspecified atom stereocenters. The summed E-state index contributed by atoms with van der Waals surface area (Å²) in [6.45, 7) is 2.25. The minimum atomic E-state index is 0. The normalized spacial score (nSPS) is 10.7. The van der Waals surface area contributed by atoms with Crippen molar-refractivity contribution in [2.24, 2.45) is 4.99 Å². The molecule has 1 heterocycles. The number of amides is 1. The first-order chi connectivity index (χ1) is 9.13. The molecule has 7 heteroatoms. The number of hydrogen-bond donors (Lipinski definition) is 2. The van der Waals surface area contributed by atoms with E-state index in [2.05, 4.69) is 20.2 Å². The second kappa shape index (κ2) is 10.5. The van der Waals surface area contributed by atoms with Crippen LogP contribution in [0, 0.1) is 0 Å². The van der Waals surface area contributed by atoms with Gasteiger partial charge in [0.1, 0.15) is 0 Å². The van der Waals surface area contributed by atoms with Gasteiger partial charge < -0.3 is 20.1 Å². The average Bonchev–Trinajstić information content (AvgIpc) is 2.89. The summed E-state index contributed by atoms with van der Waals surface area (Å²) in [6.07, 6.45) is 4.51. The van der Waals surface area contributed by atoms with E-state index >= 15 is 0 Å². The summed E-state index contributed by atoms with van der Waals surface area (Å²) in [5.74, 6) is 0.828. The Morgan fingerprint density at radius 1 is 1.20 bits per heavy atom. The summed E-state index contributed by atoms with van der Waals surface area (Å²) in [5.41, 5.74) is 0. The number of guanidine groups is 1. The molecule has 0 radical (unpaired) electrons. The van der Waals surface area contributed by atoms with Crippen LogP contribution in [0.1, 0.15) is 6.42 Å². The topological polar surface area (TPSA) is 61.7 Å². The maximum Gasteiger partial charge on any atom is 0.223 e. The number of nitrogens with zero attached hydrogens (tertiary/aromatic N) is 3. The number of halogens is 1. The van der Waals surface area contributed by atoms with Crippen LogP contribution in [-0.2, 0) is 11.3 Å². The second-order valence-electron chi connectivity index (χ2n) is 4.38. The van der Waals surface area contributed by atoms with Crippen LogP contribution in [0.2, 0.25) is 0 Å². The maximum absolute atomic E-state index is 11.4. The number of carbonyl (C=O) groups is 1. The van der Waals surface area contributed by atoms with E-state index in [4.69, 9.17) is 0 Å². The van der Waals surface area contributed by atoms with Crippen molar-refractivity contribution in [1.82, 2.24) is 20.1 Å². The fraction of sp³-hybridized carbons (Fsp3) is 0.538. The first-order valence-electron chi connectivity index (χ1n) is 6.39. The Morgan fingerprint density at radius 2 is 1.80 bits per heavy atom. The van der Waals surface area contributed by atoms with Crippen molar-refractivity contribution in [3.63, 3.8) is 0 Å². The highest BCUT2D eigenvalue weighted by Gasteiger charge is 2.03. The standard InChI is InChI=1S/C13H23N5O.HI/c1-14-13(15-7-6-12(19)17(2)3)16-8-11-18-9-4-5-10-18;/h4-5,9-10H,6-8,11H2,1-3H3,(H2,14,15,16);1H. The van der Waals surface area contributed by atoms with Gasteiger partial charge in [0, 0.05) is 59.6 Å². The summed E-state index contributed by atoms with van der Waals surface area (Å²) in [5, 5.41) is 6.32. The Balaban J connectivity index is 0.00000361. The monoisotopic (exact) mass is 393 g/mol. The van der Waals surface area contributed by atoms with Crippen LogP contribution in [0.4, 0.5) is 0 Å². The van der Waals surface area contributed by atoms with Crippen molar-refractivity contribution >= 4 is 35.8 Å². The molecule has 1 aromatic heterocycles. The van der Waals surface area contributed by atoms with E-state index < -0.39 is 0 Å². The molecular weight excluding hydrogens is 369 g/mol. The Labute approximate surface area is 137 Å². The van der Waals surface area contributed by atoms with Gasteiger partial charge in [0.2, 0.25) is 5.91 Å². The molecule has 0 aliphatic rings. The fourth-order valence-electron chi connectivity index (χ4n) is 1.55. The van der Waals surface area contributed by atoms with Gasteiger partial charge in [0.25, 0.3) is 0 Å². The zero-order chi connectivity index (χ0) is 14.1. The minimum absolute atomic E-state index is 0. The number of aromatic nitrogens is 1. The predicted molar refractivity (Wildman–Crippen MR) is 92.5 cm³/mol. The maximum atomic E-state index is 11.4. The zero-order valence-electron chi connectivity index (χ0n) is 12.3.